The molecule has 0 fully saturated rings. The average Bonchev–Trinajstić information content (AvgIpc) is 3.19. The van der Waals surface area contributed by atoms with Crippen LogP contribution in [0.3, 0.4) is 0 Å². The lowest BCUT2D eigenvalue weighted by molar-refractivity contribution is -0.115. The number of hydrogen-bond donors (Lipinski definition) is 1. The summed E-state index contributed by atoms with van der Waals surface area (Å²) in [5.41, 5.74) is 2.80. The van der Waals surface area contributed by atoms with Gasteiger partial charge in [0.1, 0.15) is 11.6 Å². The number of nitrogens with one attached hydrogen (secondary N) is 1. The maximum atomic E-state index is 13.3. The zero-order chi connectivity index (χ0) is 22.7. The first-order valence-electron chi connectivity index (χ1n) is 10.3. The number of carbonyl (C=O) groups is 2. The number of pyridine rings is 2. The molecule has 0 aliphatic carbocycles. The Bertz CT molecular complexity index is 1290. The van der Waals surface area contributed by atoms with E-state index < -0.39 is 0 Å². The summed E-state index contributed by atoms with van der Waals surface area (Å²) in [5.74, 6) is 0.648. The van der Waals surface area contributed by atoms with Gasteiger partial charge in [0.2, 0.25) is 5.91 Å². The molecule has 3 aromatic heterocycles. The molecular weight excluding hydrogens is 404 g/mol. The van der Waals surface area contributed by atoms with E-state index >= 15 is 0 Å². The first-order valence-corrected chi connectivity index (χ1v) is 10.3. The Morgan fingerprint density at radius 3 is 2.75 bits per heavy atom. The predicted molar refractivity (Wildman–Crippen MR) is 123 cm³/mol. The predicted octanol–water partition coefficient (Wildman–Crippen LogP) is 4.43. The summed E-state index contributed by atoms with van der Waals surface area (Å²) in [6, 6.07) is 12.7. The second-order valence-corrected chi connectivity index (χ2v) is 7.77. The summed E-state index contributed by atoms with van der Waals surface area (Å²) < 4.78 is 7.26. The topological polar surface area (TPSA) is 86.1 Å². The van der Waals surface area contributed by atoms with Crippen LogP contribution in [0, 0.1) is 0 Å². The minimum atomic E-state index is -0.226. The van der Waals surface area contributed by atoms with Crippen LogP contribution in [0.5, 0.6) is 5.75 Å². The largest absolute Gasteiger partial charge is 0.497 e. The number of fused-ring (bicyclic) bond motifs is 1. The normalized spacial score (nSPS) is 11.0. The van der Waals surface area contributed by atoms with Gasteiger partial charge in [0.05, 0.1) is 19.0 Å². The zero-order valence-electron chi connectivity index (χ0n) is 18.2. The maximum Gasteiger partial charge on any atom is 0.229 e. The highest BCUT2D eigenvalue weighted by molar-refractivity contribution is 6.16. The third-order valence-electron chi connectivity index (χ3n) is 5.22. The molecule has 0 saturated carbocycles. The quantitative estimate of drug-likeness (QED) is 0.440. The SMILES string of the molecule is COc1cccc(CC(=O)Nc2cc(C(=O)c3cn(C(C)C)c4ccncc34)ccn2)c1. The lowest BCUT2D eigenvalue weighted by Gasteiger charge is -2.08. The summed E-state index contributed by atoms with van der Waals surface area (Å²) in [5, 5.41) is 3.57. The minimum Gasteiger partial charge on any atom is -0.497 e. The number of anilines is 1. The average molecular weight is 428 g/mol. The molecule has 0 atom stereocenters. The molecule has 1 N–H and O–H groups in total. The van der Waals surface area contributed by atoms with Gasteiger partial charge in [-0.3, -0.25) is 14.6 Å². The van der Waals surface area contributed by atoms with Crippen molar-refractivity contribution in [3.05, 3.63) is 83.9 Å². The Morgan fingerprint density at radius 2 is 1.97 bits per heavy atom. The van der Waals surface area contributed by atoms with Crippen LogP contribution >= 0.6 is 0 Å². The van der Waals surface area contributed by atoms with Crippen LogP contribution in [-0.4, -0.2) is 33.3 Å². The van der Waals surface area contributed by atoms with Gasteiger partial charge >= 0.3 is 0 Å². The van der Waals surface area contributed by atoms with E-state index in [0.29, 0.717) is 22.7 Å². The Kier molecular flexibility index (Phi) is 5.98. The van der Waals surface area contributed by atoms with Crippen LogP contribution in [0.15, 0.2) is 67.3 Å². The zero-order valence-corrected chi connectivity index (χ0v) is 18.2. The Hall–Kier alpha value is -4.00. The molecule has 162 valence electrons. The number of methoxy groups -OCH3 is 1. The lowest BCUT2D eigenvalue weighted by Crippen LogP contribution is -2.16. The van der Waals surface area contributed by atoms with Crippen molar-refractivity contribution in [3.63, 3.8) is 0 Å². The number of rotatable bonds is 7. The summed E-state index contributed by atoms with van der Waals surface area (Å²) >= 11 is 0. The van der Waals surface area contributed by atoms with Crippen LogP contribution < -0.4 is 10.1 Å². The number of benzene rings is 1. The molecule has 0 spiro atoms. The first kappa shape index (κ1) is 21.2. The van der Waals surface area contributed by atoms with Crippen LogP contribution in [-0.2, 0) is 11.2 Å². The van der Waals surface area contributed by atoms with Gasteiger partial charge < -0.3 is 14.6 Å². The highest BCUT2D eigenvalue weighted by Gasteiger charge is 2.19. The molecule has 1 aromatic carbocycles. The summed E-state index contributed by atoms with van der Waals surface area (Å²) in [4.78, 5) is 34.2. The highest BCUT2D eigenvalue weighted by atomic mass is 16.5. The van der Waals surface area contributed by atoms with Gasteiger partial charge in [-0.15, -0.1) is 0 Å². The third-order valence-corrected chi connectivity index (χ3v) is 5.22. The molecule has 0 aliphatic heterocycles. The van der Waals surface area contributed by atoms with Crippen molar-refractivity contribution in [1.82, 2.24) is 14.5 Å². The van der Waals surface area contributed by atoms with E-state index in [0.717, 1.165) is 16.5 Å². The number of carbonyl (C=O) groups excluding carboxylic acids is 2. The van der Waals surface area contributed by atoms with Crippen LogP contribution in [0.2, 0.25) is 0 Å². The number of amides is 1. The van der Waals surface area contributed by atoms with Crippen molar-refractivity contribution in [2.45, 2.75) is 26.3 Å². The van der Waals surface area contributed by atoms with Crippen molar-refractivity contribution >= 4 is 28.4 Å². The van der Waals surface area contributed by atoms with Gasteiger partial charge in [0, 0.05) is 47.3 Å². The molecule has 7 nitrogen and oxygen atoms in total. The monoisotopic (exact) mass is 428 g/mol. The number of aromatic nitrogens is 3. The van der Waals surface area contributed by atoms with E-state index in [-0.39, 0.29) is 24.2 Å². The van der Waals surface area contributed by atoms with Crippen LogP contribution in [0.25, 0.3) is 10.9 Å². The van der Waals surface area contributed by atoms with Gasteiger partial charge in [-0.2, -0.15) is 0 Å². The fourth-order valence-electron chi connectivity index (χ4n) is 3.66. The van der Waals surface area contributed by atoms with Gasteiger partial charge in [-0.05, 0) is 49.7 Å². The fraction of sp³-hybridized carbons (Fsp3) is 0.200. The molecule has 4 rings (SSSR count). The Balaban J connectivity index is 1.56. The third kappa shape index (κ3) is 4.37. The lowest BCUT2D eigenvalue weighted by atomic mass is 10.0. The minimum absolute atomic E-state index is 0.145. The van der Waals surface area contributed by atoms with Gasteiger partial charge in [0.25, 0.3) is 0 Å². The van der Waals surface area contributed by atoms with Crippen molar-refractivity contribution in [2.75, 3.05) is 12.4 Å². The maximum absolute atomic E-state index is 13.3. The Morgan fingerprint density at radius 1 is 1.12 bits per heavy atom. The standard InChI is InChI=1S/C25H24N4O3/c1-16(2)29-15-21(20-14-26-9-8-22(20)29)25(31)18-7-10-27-23(13-18)28-24(30)12-17-5-4-6-19(11-17)32-3/h4-11,13-16H,12H2,1-3H3,(H,27,28,30). The molecule has 0 aliphatic rings. The van der Waals surface area contributed by atoms with E-state index in [4.69, 9.17) is 4.74 Å². The number of hydrogen-bond acceptors (Lipinski definition) is 5. The van der Waals surface area contributed by atoms with E-state index in [2.05, 4.69) is 33.7 Å². The molecule has 3 heterocycles. The summed E-state index contributed by atoms with van der Waals surface area (Å²) in [7, 11) is 1.58. The summed E-state index contributed by atoms with van der Waals surface area (Å²) in [6.07, 6.45) is 6.98. The smallest absolute Gasteiger partial charge is 0.229 e. The van der Waals surface area contributed by atoms with Gasteiger partial charge in [-0.25, -0.2) is 4.98 Å². The number of ether oxygens (including phenoxy) is 1. The number of nitrogens with zero attached hydrogens (tertiary/aromatic N) is 3. The van der Waals surface area contributed by atoms with E-state index in [1.54, 1.807) is 31.6 Å². The molecule has 0 radical (unpaired) electrons. The first-order chi connectivity index (χ1) is 15.5. The van der Waals surface area contributed by atoms with E-state index in [1.165, 1.54) is 6.20 Å². The molecule has 7 heteroatoms. The molecular formula is C25H24N4O3. The van der Waals surface area contributed by atoms with Gasteiger partial charge in [0.15, 0.2) is 5.78 Å². The van der Waals surface area contributed by atoms with Crippen LogP contribution in [0.4, 0.5) is 5.82 Å². The van der Waals surface area contributed by atoms with Crippen LogP contribution in [0.1, 0.15) is 41.4 Å². The Labute approximate surface area is 186 Å². The second-order valence-electron chi connectivity index (χ2n) is 7.77. The van der Waals surface area contributed by atoms with E-state index in [9.17, 15) is 9.59 Å². The van der Waals surface area contributed by atoms with Gasteiger partial charge in [-0.1, -0.05) is 12.1 Å². The summed E-state index contributed by atoms with van der Waals surface area (Å²) in [6.45, 7) is 4.13. The van der Waals surface area contributed by atoms with Crippen molar-refractivity contribution < 1.29 is 14.3 Å². The number of ketones is 1. The highest BCUT2D eigenvalue weighted by Crippen LogP contribution is 2.26. The second kappa shape index (κ2) is 9.01. The molecule has 1 amide bonds. The van der Waals surface area contributed by atoms with Crippen molar-refractivity contribution in [2.24, 2.45) is 0 Å². The molecule has 0 unspecified atom stereocenters. The molecule has 0 bridgehead atoms. The molecule has 4 aromatic rings. The van der Waals surface area contributed by atoms with E-state index in [1.807, 2.05) is 36.5 Å². The molecule has 32 heavy (non-hydrogen) atoms. The van der Waals surface area contributed by atoms with Crippen molar-refractivity contribution in [1.29, 1.82) is 0 Å². The molecule has 0 saturated heterocycles. The fourth-order valence-corrected chi connectivity index (χ4v) is 3.66. The van der Waals surface area contributed by atoms with Crippen molar-refractivity contribution in [3.8, 4) is 5.75 Å².